The molecule has 2 heterocycles. The van der Waals surface area contributed by atoms with Crippen molar-refractivity contribution < 1.29 is 0 Å². The second-order valence-electron chi connectivity index (χ2n) is 4.75. The van der Waals surface area contributed by atoms with E-state index in [2.05, 4.69) is 34.2 Å². The van der Waals surface area contributed by atoms with Crippen molar-refractivity contribution in [3.05, 3.63) is 38.8 Å². The quantitative estimate of drug-likeness (QED) is 0.880. The van der Waals surface area contributed by atoms with Crippen LogP contribution in [0.4, 0.5) is 0 Å². The van der Waals surface area contributed by atoms with Gasteiger partial charge in [-0.05, 0) is 48.7 Å². The molecular weight excluding hydrogens is 278 g/mol. The number of nitrogens with one attached hydrogen (secondary N) is 1. The van der Waals surface area contributed by atoms with Crippen LogP contribution in [0.5, 0.6) is 0 Å². The molecular formula is C14H20ClN3S. The van der Waals surface area contributed by atoms with Gasteiger partial charge in [0.05, 0.1) is 5.69 Å². The fourth-order valence-electron chi connectivity index (χ4n) is 2.21. The largest absolute Gasteiger partial charge is 0.310 e. The first-order valence-electron chi connectivity index (χ1n) is 6.57. The lowest BCUT2D eigenvalue weighted by molar-refractivity contribution is 0.529. The molecule has 0 amide bonds. The molecule has 1 unspecified atom stereocenters. The molecule has 3 nitrogen and oxygen atoms in total. The Morgan fingerprint density at radius 1 is 1.53 bits per heavy atom. The lowest BCUT2D eigenvalue weighted by Crippen LogP contribution is -2.23. The van der Waals surface area contributed by atoms with Gasteiger partial charge in [-0.2, -0.15) is 16.4 Å². The maximum Gasteiger partial charge on any atom is 0.130 e. The molecule has 2 aromatic rings. The van der Waals surface area contributed by atoms with E-state index in [9.17, 15) is 0 Å². The van der Waals surface area contributed by atoms with Gasteiger partial charge in [0, 0.05) is 18.7 Å². The van der Waals surface area contributed by atoms with Crippen LogP contribution >= 0.6 is 22.9 Å². The van der Waals surface area contributed by atoms with Crippen molar-refractivity contribution in [3.63, 3.8) is 0 Å². The summed E-state index contributed by atoms with van der Waals surface area (Å²) in [6, 6.07) is 2.49. The lowest BCUT2D eigenvalue weighted by atomic mass is 10.0. The molecule has 0 aromatic carbocycles. The molecule has 0 bridgehead atoms. The molecule has 2 aromatic heterocycles. The predicted octanol–water partition coefficient (Wildman–Crippen LogP) is 3.73. The highest BCUT2D eigenvalue weighted by molar-refractivity contribution is 7.07. The van der Waals surface area contributed by atoms with E-state index in [4.69, 9.17) is 11.6 Å². The minimum absolute atomic E-state index is 0.312. The number of nitrogens with zero attached hydrogens (tertiary/aromatic N) is 2. The van der Waals surface area contributed by atoms with Gasteiger partial charge in [0.1, 0.15) is 5.15 Å². The third-order valence-electron chi connectivity index (χ3n) is 3.26. The van der Waals surface area contributed by atoms with Crippen LogP contribution in [0.25, 0.3) is 0 Å². The Bertz CT molecular complexity index is 519. The van der Waals surface area contributed by atoms with Crippen molar-refractivity contribution in [1.82, 2.24) is 15.1 Å². The smallest absolute Gasteiger partial charge is 0.130 e. The SMILES string of the molecule is CCCNC(Cc1c(C)nn(C)c1Cl)c1ccsc1. The molecule has 5 heteroatoms. The van der Waals surface area contributed by atoms with E-state index in [0.717, 1.165) is 35.8 Å². The van der Waals surface area contributed by atoms with Crippen molar-refractivity contribution in [1.29, 1.82) is 0 Å². The van der Waals surface area contributed by atoms with Crippen molar-refractivity contribution >= 4 is 22.9 Å². The van der Waals surface area contributed by atoms with Gasteiger partial charge in [0.15, 0.2) is 0 Å². The highest BCUT2D eigenvalue weighted by Crippen LogP contribution is 2.26. The normalized spacial score (nSPS) is 12.8. The molecule has 0 aliphatic carbocycles. The van der Waals surface area contributed by atoms with E-state index in [1.54, 1.807) is 16.0 Å². The summed E-state index contributed by atoms with van der Waals surface area (Å²) in [5, 5.41) is 13.0. The van der Waals surface area contributed by atoms with Crippen molar-refractivity contribution in [2.45, 2.75) is 32.7 Å². The molecule has 0 saturated heterocycles. The minimum Gasteiger partial charge on any atom is -0.310 e. The fraction of sp³-hybridized carbons (Fsp3) is 0.500. The van der Waals surface area contributed by atoms with E-state index < -0.39 is 0 Å². The number of hydrogen-bond donors (Lipinski definition) is 1. The zero-order valence-electron chi connectivity index (χ0n) is 11.6. The molecule has 1 N–H and O–H groups in total. The lowest BCUT2D eigenvalue weighted by Gasteiger charge is -2.17. The van der Waals surface area contributed by atoms with Crippen LogP contribution in [-0.2, 0) is 13.5 Å². The summed E-state index contributed by atoms with van der Waals surface area (Å²) < 4.78 is 1.75. The molecule has 0 fully saturated rings. The number of rotatable bonds is 6. The summed E-state index contributed by atoms with van der Waals surface area (Å²) in [6.07, 6.45) is 2.01. The van der Waals surface area contributed by atoms with Crippen LogP contribution in [0.2, 0.25) is 5.15 Å². The molecule has 19 heavy (non-hydrogen) atoms. The first-order valence-corrected chi connectivity index (χ1v) is 7.89. The third-order valence-corrected chi connectivity index (χ3v) is 4.44. The van der Waals surface area contributed by atoms with Crippen LogP contribution in [-0.4, -0.2) is 16.3 Å². The Morgan fingerprint density at radius 3 is 2.84 bits per heavy atom. The van der Waals surface area contributed by atoms with E-state index in [0.29, 0.717) is 6.04 Å². The average Bonchev–Trinajstić information content (AvgIpc) is 2.98. The summed E-state index contributed by atoms with van der Waals surface area (Å²) in [5.41, 5.74) is 3.49. The van der Waals surface area contributed by atoms with Crippen molar-refractivity contribution in [3.8, 4) is 0 Å². The molecule has 0 saturated carbocycles. The summed E-state index contributed by atoms with van der Waals surface area (Å²) >= 11 is 8.06. The van der Waals surface area contributed by atoms with Gasteiger partial charge < -0.3 is 5.32 Å². The maximum absolute atomic E-state index is 6.33. The first-order chi connectivity index (χ1) is 9.13. The Morgan fingerprint density at radius 2 is 2.32 bits per heavy atom. The van der Waals surface area contributed by atoms with Crippen LogP contribution in [0.15, 0.2) is 16.8 Å². The van der Waals surface area contributed by atoms with E-state index in [1.165, 1.54) is 5.56 Å². The molecule has 2 rings (SSSR count). The van der Waals surface area contributed by atoms with E-state index in [-0.39, 0.29) is 0 Å². The Balaban J connectivity index is 2.20. The zero-order chi connectivity index (χ0) is 13.8. The van der Waals surface area contributed by atoms with Crippen LogP contribution < -0.4 is 5.32 Å². The first kappa shape index (κ1) is 14.6. The Kier molecular flexibility index (Phi) is 5.02. The summed E-state index contributed by atoms with van der Waals surface area (Å²) in [7, 11) is 1.89. The van der Waals surface area contributed by atoms with Gasteiger partial charge in [-0.15, -0.1) is 0 Å². The van der Waals surface area contributed by atoms with Gasteiger partial charge in [-0.1, -0.05) is 18.5 Å². The summed E-state index contributed by atoms with van der Waals surface area (Å²) in [4.78, 5) is 0. The number of thiophene rings is 1. The standard InChI is InChI=1S/C14H20ClN3S/c1-4-6-16-13(11-5-7-19-9-11)8-12-10(2)17-18(3)14(12)15/h5,7,9,13,16H,4,6,8H2,1-3H3. The minimum atomic E-state index is 0.312. The average molecular weight is 298 g/mol. The molecule has 104 valence electrons. The van der Waals surface area contributed by atoms with Gasteiger partial charge in [-0.25, -0.2) is 0 Å². The van der Waals surface area contributed by atoms with Crippen molar-refractivity contribution in [2.75, 3.05) is 6.54 Å². The zero-order valence-corrected chi connectivity index (χ0v) is 13.2. The van der Waals surface area contributed by atoms with Crippen LogP contribution in [0.1, 0.15) is 36.2 Å². The monoisotopic (exact) mass is 297 g/mol. The number of hydrogen-bond acceptors (Lipinski definition) is 3. The Hall–Kier alpha value is -0.840. The van der Waals surface area contributed by atoms with Gasteiger partial charge in [-0.3, -0.25) is 4.68 Å². The summed E-state index contributed by atoms with van der Waals surface area (Å²) in [5.74, 6) is 0. The molecule has 1 atom stereocenters. The number of halogens is 1. The molecule has 0 aliphatic heterocycles. The molecule has 0 spiro atoms. The van der Waals surface area contributed by atoms with E-state index >= 15 is 0 Å². The highest BCUT2D eigenvalue weighted by Gasteiger charge is 2.18. The Labute approximate surface area is 123 Å². The maximum atomic E-state index is 6.33. The van der Waals surface area contributed by atoms with Gasteiger partial charge in [0.25, 0.3) is 0 Å². The van der Waals surface area contributed by atoms with Gasteiger partial charge >= 0.3 is 0 Å². The van der Waals surface area contributed by atoms with Gasteiger partial charge in [0.2, 0.25) is 0 Å². The van der Waals surface area contributed by atoms with Crippen LogP contribution in [0, 0.1) is 6.92 Å². The topological polar surface area (TPSA) is 29.9 Å². The highest BCUT2D eigenvalue weighted by atomic mass is 35.5. The molecule has 0 aliphatic rings. The second kappa shape index (κ2) is 6.55. The van der Waals surface area contributed by atoms with E-state index in [1.807, 2.05) is 14.0 Å². The number of aromatic nitrogens is 2. The molecule has 0 radical (unpaired) electrons. The summed E-state index contributed by atoms with van der Waals surface area (Å²) in [6.45, 7) is 5.21. The predicted molar refractivity (Wildman–Crippen MR) is 82.0 cm³/mol. The third kappa shape index (κ3) is 3.38. The fourth-order valence-corrected chi connectivity index (χ4v) is 3.18. The number of aryl methyl sites for hydroxylation is 2. The van der Waals surface area contributed by atoms with Crippen LogP contribution in [0.3, 0.4) is 0 Å². The second-order valence-corrected chi connectivity index (χ2v) is 5.88. The van der Waals surface area contributed by atoms with Crippen molar-refractivity contribution in [2.24, 2.45) is 7.05 Å².